The molecule has 1 fully saturated rings. The van der Waals surface area contributed by atoms with Crippen LogP contribution in [0.4, 0.5) is 0 Å². The van der Waals surface area contributed by atoms with Gasteiger partial charge in [0.25, 0.3) is 0 Å². The summed E-state index contributed by atoms with van der Waals surface area (Å²) in [7, 11) is 0. The first-order chi connectivity index (χ1) is 24.0. The van der Waals surface area contributed by atoms with Crippen LogP contribution in [-0.2, 0) is 5.41 Å². The van der Waals surface area contributed by atoms with E-state index in [0.29, 0.717) is 6.04 Å². The molecule has 0 spiro atoms. The first kappa shape index (κ1) is 34.0. The van der Waals surface area contributed by atoms with Gasteiger partial charge in [-0.2, -0.15) is 0 Å². The van der Waals surface area contributed by atoms with Crippen molar-refractivity contribution in [1.29, 1.82) is 0 Å². The van der Waals surface area contributed by atoms with Crippen molar-refractivity contribution in [1.82, 2.24) is 14.5 Å². The van der Waals surface area contributed by atoms with Gasteiger partial charge in [-0.15, -0.1) is 0 Å². The first-order valence-corrected chi connectivity index (χ1v) is 19.2. The van der Waals surface area contributed by atoms with Crippen molar-refractivity contribution in [2.24, 2.45) is 10.4 Å². The fourth-order valence-corrected chi connectivity index (χ4v) is 9.89. The van der Waals surface area contributed by atoms with Crippen LogP contribution in [0.1, 0.15) is 126 Å². The van der Waals surface area contributed by atoms with Crippen LogP contribution in [0.3, 0.4) is 0 Å². The number of fused-ring (bicyclic) bond motifs is 5. The average Bonchev–Trinajstić information content (AvgIpc) is 3.49. The van der Waals surface area contributed by atoms with Crippen LogP contribution in [0.5, 0.6) is 11.5 Å². The summed E-state index contributed by atoms with van der Waals surface area (Å²) in [6, 6.07) is 18.6. The monoisotopic (exact) mass is 680 g/mol. The number of hydrogen-bond donors (Lipinski definition) is 0. The predicted octanol–water partition coefficient (Wildman–Crippen LogP) is 11.8. The quantitative estimate of drug-likeness (QED) is 0.190. The second kappa shape index (κ2) is 11.2. The summed E-state index contributed by atoms with van der Waals surface area (Å²) in [5.74, 6) is 3.90. The number of hydrogen-bond acceptors (Lipinski definition) is 4. The molecule has 51 heavy (non-hydrogen) atoms. The van der Waals surface area contributed by atoms with E-state index < -0.39 is 0 Å². The van der Waals surface area contributed by atoms with Gasteiger partial charge in [-0.25, -0.2) is 4.98 Å². The highest BCUT2D eigenvalue weighted by atomic mass is 16.5. The molecule has 1 atom stereocenters. The molecule has 0 N–H and O–H groups in total. The molecule has 0 bridgehead atoms. The third-order valence-corrected chi connectivity index (χ3v) is 13.4. The van der Waals surface area contributed by atoms with E-state index in [1.54, 1.807) is 0 Å². The van der Waals surface area contributed by atoms with Crippen molar-refractivity contribution in [2.45, 2.75) is 138 Å². The Labute approximate surface area is 305 Å². The van der Waals surface area contributed by atoms with Crippen LogP contribution in [0.15, 0.2) is 59.7 Å². The molecule has 2 aromatic heterocycles. The van der Waals surface area contributed by atoms with Crippen LogP contribution >= 0.6 is 0 Å². The third kappa shape index (κ3) is 4.78. The Bertz CT molecular complexity index is 2270. The van der Waals surface area contributed by atoms with Gasteiger partial charge in [0.05, 0.1) is 22.1 Å². The lowest BCUT2D eigenvalue weighted by Gasteiger charge is -2.52. The third-order valence-electron chi connectivity index (χ3n) is 13.4. The topological polar surface area (TPSA) is 42.6 Å². The molecular formula is C46H56N4O. The normalized spacial score (nSPS) is 21.3. The molecule has 0 amide bonds. The molecule has 5 heteroatoms. The predicted molar refractivity (Wildman–Crippen MR) is 213 cm³/mol. The lowest BCUT2D eigenvalue weighted by atomic mass is 9.64. The molecular weight excluding hydrogens is 625 g/mol. The van der Waals surface area contributed by atoms with E-state index in [2.05, 4.69) is 141 Å². The molecule has 0 radical (unpaired) electrons. The number of aromatic nitrogens is 2. The van der Waals surface area contributed by atoms with E-state index in [0.717, 1.165) is 39.8 Å². The van der Waals surface area contributed by atoms with E-state index >= 15 is 0 Å². The number of amidine groups is 1. The highest BCUT2D eigenvalue weighted by Crippen LogP contribution is 2.53. The summed E-state index contributed by atoms with van der Waals surface area (Å²) >= 11 is 0. The van der Waals surface area contributed by atoms with Gasteiger partial charge in [0.15, 0.2) is 0 Å². The summed E-state index contributed by atoms with van der Waals surface area (Å²) in [6.45, 7) is 27.8. The minimum atomic E-state index is -0.263. The van der Waals surface area contributed by atoms with E-state index in [1.165, 1.54) is 76.2 Å². The number of benzene rings is 3. The summed E-state index contributed by atoms with van der Waals surface area (Å²) in [6.07, 6.45) is 8.27. The van der Waals surface area contributed by atoms with Gasteiger partial charge in [0.1, 0.15) is 23.2 Å². The fourth-order valence-electron chi connectivity index (χ4n) is 9.89. The number of nitrogens with zero attached hydrogens (tertiary/aromatic N) is 4. The second-order valence-electron chi connectivity index (χ2n) is 18.2. The molecule has 3 aromatic carbocycles. The number of rotatable bonds is 4. The van der Waals surface area contributed by atoms with Gasteiger partial charge >= 0.3 is 0 Å². The smallest absolute Gasteiger partial charge is 0.141 e. The Morgan fingerprint density at radius 3 is 2.16 bits per heavy atom. The molecule has 3 aliphatic rings. The van der Waals surface area contributed by atoms with Gasteiger partial charge in [0, 0.05) is 45.6 Å². The standard InChI is InChI=1S/C46H56N4O/c1-27-21-34-33-24-30(4)39(26-37(33)49-40(34)36(22-27)44(8,9)35-19-16-20-47-42(35)49)51-38-25-32(28(2)23-29(38)3)41-48-46(12,43(5,6)7)45(10,11)50(41)31-17-14-13-15-18-31/h16,19-26,31H,13-15,17-18H2,1-12H3/t46-/m1/s1. The summed E-state index contributed by atoms with van der Waals surface area (Å²) in [4.78, 5) is 13.5. The maximum Gasteiger partial charge on any atom is 0.141 e. The zero-order chi connectivity index (χ0) is 36.4. The van der Waals surface area contributed by atoms with Gasteiger partial charge in [-0.3, -0.25) is 9.56 Å². The van der Waals surface area contributed by atoms with Crippen molar-refractivity contribution >= 4 is 27.6 Å². The van der Waals surface area contributed by atoms with Crippen LogP contribution in [0, 0.1) is 33.1 Å². The molecule has 0 unspecified atom stereocenters. The zero-order valence-corrected chi connectivity index (χ0v) is 33.0. The molecule has 1 aliphatic carbocycles. The lowest BCUT2D eigenvalue weighted by molar-refractivity contribution is 0.0331. The largest absolute Gasteiger partial charge is 0.457 e. The highest BCUT2D eigenvalue weighted by Gasteiger charge is 2.59. The van der Waals surface area contributed by atoms with Crippen LogP contribution in [0.2, 0.25) is 0 Å². The number of aryl methyl sites for hydroxylation is 4. The average molecular weight is 681 g/mol. The summed E-state index contributed by atoms with van der Waals surface area (Å²) < 4.78 is 9.42. The Morgan fingerprint density at radius 2 is 1.45 bits per heavy atom. The van der Waals surface area contributed by atoms with Crippen LogP contribution in [0.25, 0.3) is 27.6 Å². The van der Waals surface area contributed by atoms with Gasteiger partial charge in [-0.05, 0) is 113 Å². The van der Waals surface area contributed by atoms with Crippen LogP contribution in [-0.4, -0.2) is 37.4 Å². The van der Waals surface area contributed by atoms with Crippen molar-refractivity contribution in [3.8, 4) is 17.3 Å². The minimum Gasteiger partial charge on any atom is -0.457 e. The maximum absolute atomic E-state index is 7.04. The summed E-state index contributed by atoms with van der Waals surface area (Å²) in [5.41, 5.74) is 10.4. The highest BCUT2D eigenvalue weighted by molar-refractivity contribution is 6.12. The Hall–Kier alpha value is -4.12. The van der Waals surface area contributed by atoms with Crippen molar-refractivity contribution < 1.29 is 4.74 Å². The van der Waals surface area contributed by atoms with E-state index in [-0.39, 0.29) is 21.9 Å². The van der Waals surface area contributed by atoms with Gasteiger partial charge < -0.3 is 9.64 Å². The van der Waals surface area contributed by atoms with E-state index in [4.69, 9.17) is 14.7 Å². The molecule has 0 saturated heterocycles. The molecule has 4 heterocycles. The van der Waals surface area contributed by atoms with E-state index in [9.17, 15) is 0 Å². The number of ether oxygens (including phenoxy) is 1. The number of aliphatic imine (C=N–C) groups is 1. The maximum atomic E-state index is 7.04. The summed E-state index contributed by atoms with van der Waals surface area (Å²) in [5, 5.41) is 2.52. The first-order valence-electron chi connectivity index (χ1n) is 19.2. The molecule has 8 rings (SSSR count). The van der Waals surface area contributed by atoms with Crippen molar-refractivity contribution in [3.05, 3.63) is 93.7 Å². The second-order valence-corrected chi connectivity index (χ2v) is 18.2. The zero-order valence-electron chi connectivity index (χ0n) is 33.0. The number of pyridine rings is 1. The minimum absolute atomic E-state index is 0.0161. The van der Waals surface area contributed by atoms with Crippen molar-refractivity contribution in [3.63, 3.8) is 0 Å². The van der Waals surface area contributed by atoms with Gasteiger partial charge in [-0.1, -0.05) is 77.6 Å². The lowest BCUT2D eigenvalue weighted by Crippen LogP contribution is -2.62. The Morgan fingerprint density at radius 1 is 0.765 bits per heavy atom. The van der Waals surface area contributed by atoms with Crippen LogP contribution < -0.4 is 4.74 Å². The van der Waals surface area contributed by atoms with E-state index in [1.807, 2.05) is 6.20 Å². The molecule has 1 saturated carbocycles. The molecule has 2 aliphatic heterocycles. The SMILES string of the molecule is Cc1cc2c3c(c1)c1cc(C)c(Oc4cc(C5=N[C@](C)(C(C)(C)C)C(C)(C)N5C5CCCCC5)c(C)cc4C)cc1n3-c1ncccc1C2(C)C. The molecule has 266 valence electrons. The van der Waals surface area contributed by atoms with Gasteiger partial charge in [0.2, 0.25) is 0 Å². The molecule has 5 aromatic rings. The Balaban J connectivity index is 1.29. The fraction of sp³-hybridized carbons (Fsp3) is 0.478. The van der Waals surface area contributed by atoms with Crippen molar-refractivity contribution in [2.75, 3.05) is 0 Å². The Kier molecular flexibility index (Phi) is 7.46. The molecule has 5 nitrogen and oxygen atoms in total.